The van der Waals surface area contributed by atoms with E-state index in [1.807, 2.05) is 36.4 Å². The number of piperidine rings is 1. The van der Waals surface area contributed by atoms with Gasteiger partial charge in [-0.15, -0.1) is 0 Å². The molecule has 1 amide bonds. The molecule has 3 aromatic rings. The summed E-state index contributed by atoms with van der Waals surface area (Å²) in [6.45, 7) is 2.39. The number of carbonyl (C=O) groups is 1. The quantitative estimate of drug-likeness (QED) is 0.662. The van der Waals surface area contributed by atoms with E-state index in [0.29, 0.717) is 30.0 Å². The van der Waals surface area contributed by atoms with Crippen molar-refractivity contribution in [3.05, 3.63) is 48.5 Å². The van der Waals surface area contributed by atoms with Crippen molar-refractivity contribution in [2.75, 3.05) is 38.3 Å². The summed E-state index contributed by atoms with van der Waals surface area (Å²) in [5.41, 5.74) is 1.70. The van der Waals surface area contributed by atoms with Crippen molar-refractivity contribution in [1.82, 2.24) is 10.3 Å². The number of nitrogens with zero attached hydrogens (tertiary/aromatic N) is 2. The second kappa shape index (κ2) is 8.86. The van der Waals surface area contributed by atoms with E-state index in [0.717, 1.165) is 37.0 Å². The summed E-state index contributed by atoms with van der Waals surface area (Å²) < 4.78 is 16.5. The highest BCUT2D eigenvalue weighted by Gasteiger charge is 2.23. The highest BCUT2D eigenvalue weighted by Crippen LogP contribution is 2.26. The molecule has 4 rings (SSSR count). The number of rotatable bonds is 7. The predicted molar refractivity (Wildman–Crippen MR) is 110 cm³/mol. The molecule has 1 aliphatic heterocycles. The van der Waals surface area contributed by atoms with Crippen LogP contribution in [0.4, 0.5) is 6.01 Å². The predicted octanol–water partition coefficient (Wildman–Crippen LogP) is 3.25. The van der Waals surface area contributed by atoms with E-state index in [4.69, 9.17) is 13.9 Å². The number of amides is 1. The maximum absolute atomic E-state index is 12.1. The van der Waals surface area contributed by atoms with E-state index in [9.17, 15) is 4.79 Å². The third-order valence-corrected chi connectivity index (χ3v) is 5.17. The SMILES string of the molecule is COc1cccc(OCC(=O)NCC2CCN(c3nc4ccccc4o3)CC2)c1. The van der Waals surface area contributed by atoms with Crippen molar-refractivity contribution >= 4 is 23.0 Å². The molecular formula is C22H25N3O4. The van der Waals surface area contributed by atoms with Crippen LogP contribution in [0.3, 0.4) is 0 Å². The van der Waals surface area contributed by atoms with Crippen LogP contribution in [0.25, 0.3) is 11.1 Å². The average molecular weight is 395 g/mol. The van der Waals surface area contributed by atoms with Crippen molar-refractivity contribution in [3.8, 4) is 11.5 Å². The van der Waals surface area contributed by atoms with Gasteiger partial charge in [-0.05, 0) is 43.0 Å². The van der Waals surface area contributed by atoms with Gasteiger partial charge in [-0.2, -0.15) is 4.98 Å². The molecule has 2 heterocycles. The number of para-hydroxylation sites is 2. The van der Waals surface area contributed by atoms with Gasteiger partial charge in [0.15, 0.2) is 12.2 Å². The van der Waals surface area contributed by atoms with Crippen LogP contribution in [0.15, 0.2) is 52.9 Å². The Morgan fingerprint density at radius 2 is 1.97 bits per heavy atom. The fourth-order valence-electron chi connectivity index (χ4n) is 3.47. The summed E-state index contributed by atoms with van der Waals surface area (Å²) >= 11 is 0. The first-order valence-corrected chi connectivity index (χ1v) is 9.85. The number of nitrogens with one attached hydrogen (secondary N) is 1. The molecule has 0 saturated carbocycles. The number of aromatic nitrogens is 1. The summed E-state index contributed by atoms with van der Waals surface area (Å²) in [5, 5.41) is 2.97. The Labute approximate surface area is 169 Å². The summed E-state index contributed by atoms with van der Waals surface area (Å²) in [6.07, 6.45) is 1.96. The minimum absolute atomic E-state index is 0.00504. The van der Waals surface area contributed by atoms with Crippen LogP contribution in [0, 0.1) is 5.92 Å². The van der Waals surface area contributed by atoms with Gasteiger partial charge in [-0.25, -0.2) is 0 Å². The Hall–Kier alpha value is -3.22. The van der Waals surface area contributed by atoms with Crippen molar-refractivity contribution in [2.24, 2.45) is 5.92 Å². The van der Waals surface area contributed by atoms with E-state index in [1.165, 1.54) is 0 Å². The summed E-state index contributed by atoms with van der Waals surface area (Å²) in [4.78, 5) is 18.8. The lowest BCUT2D eigenvalue weighted by Gasteiger charge is -2.30. The molecule has 152 valence electrons. The van der Waals surface area contributed by atoms with Gasteiger partial charge in [0.1, 0.15) is 17.0 Å². The van der Waals surface area contributed by atoms with E-state index in [1.54, 1.807) is 19.2 Å². The third kappa shape index (κ3) is 4.80. The minimum atomic E-state index is -0.116. The van der Waals surface area contributed by atoms with E-state index in [-0.39, 0.29) is 12.5 Å². The Kier molecular flexibility index (Phi) is 5.84. The molecule has 1 aromatic heterocycles. The standard InChI is InChI=1S/C22H25N3O4/c1-27-17-5-4-6-18(13-17)28-15-21(26)23-14-16-9-11-25(12-10-16)22-24-19-7-2-3-8-20(19)29-22/h2-8,13,16H,9-12,14-15H2,1H3,(H,23,26). The fraction of sp³-hybridized carbons (Fsp3) is 0.364. The van der Waals surface area contributed by atoms with E-state index >= 15 is 0 Å². The third-order valence-electron chi connectivity index (χ3n) is 5.17. The lowest BCUT2D eigenvalue weighted by molar-refractivity contribution is -0.123. The van der Waals surface area contributed by atoms with Crippen LogP contribution >= 0.6 is 0 Å². The first kappa shape index (κ1) is 19.1. The maximum atomic E-state index is 12.1. The maximum Gasteiger partial charge on any atom is 0.298 e. The van der Waals surface area contributed by atoms with Crippen molar-refractivity contribution in [2.45, 2.75) is 12.8 Å². The van der Waals surface area contributed by atoms with Gasteiger partial charge in [0, 0.05) is 25.7 Å². The highest BCUT2D eigenvalue weighted by molar-refractivity contribution is 5.77. The molecular weight excluding hydrogens is 370 g/mol. The van der Waals surface area contributed by atoms with Gasteiger partial charge in [0.2, 0.25) is 0 Å². The molecule has 0 unspecified atom stereocenters. The first-order chi connectivity index (χ1) is 14.2. The molecule has 1 aliphatic rings. The number of hydrogen-bond acceptors (Lipinski definition) is 6. The highest BCUT2D eigenvalue weighted by atomic mass is 16.5. The van der Waals surface area contributed by atoms with Gasteiger partial charge in [-0.1, -0.05) is 18.2 Å². The molecule has 1 N–H and O–H groups in total. The summed E-state index contributed by atoms with van der Waals surface area (Å²) in [5.74, 6) is 1.64. The molecule has 7 heteroatoms. The zero-order valence-electron chi connectivity index (χ0n) is 16.5. The Bertz CT molecular complexity index is 930. The fourth-order valence-corrected chi connectivity index (χ4v) is 3.47. The number of carbonyl (C=O) groups excluding carboxylic acids is 1. The average Bonchev–Trinajstić information content (AvgIpc) is 3.21. The molecule has 29 heavy (non-hydrogen) atoms. The van der Waals surface area contributed by atoms with Crippen LogP contribution in [-0.4, -0.2) is 44.2 Å². The minimum Gasteiger partial charge on any atom is -0.497 e. The topological polar surface area (TPSA) is 76.8 Å². The molecule has 0 aliphatic carbocycles. The van der Waals surface area contributed by atoms with Crippen LogP contribution in [0.1, 0.15) is 12.8 Å². The van der Waals surface area contributed by atoms with Gasteiger partial charge in [0.05, 0.1) is 7.11 Å². The zero-order chi connectivity index (χ0) is 20.1. The monoisotopic (exact) mass is 395 g/mol. The van der Waals surface area contributed by atoms with Crippen LogP contribution in [0.2, 0.25) is 0 Å². The molecule has 1 saturated heterocycles. The molecule has 7 nitrogen and oxygen atoms in total. The number of benzene rings is 2. The second-order valence-corrected chi connectivity index (χ2v) is 7.17. The number of fused-ring (bicyclic) bond motifs is 1. The van der Waals surface area contributed by atoms with E-state index < -0.39 is 0 Å². The lowest BCUT2D eigenvalue weighted by Crippen LogP contribution is -2.39. The Balaban J connectivity index is 1.20. The molecule has 0 bridgehead atoms. The second-order valence-electron chi connectivity index (χ2n) is 7.17. The van der Waals surface area contributed by atoms with Crippen LogP contribution in [0.5, 0.6) is 11.5 Å². The van der Waals surface area contributed by atoms with Gasteiger partial charge >= 0.3 is 0 Å². The number of anilines is 1. The first-order valence-electron chi connectivity index (χ1n) is 9.85. The number of methoxy groups -OCH3 is 1. The number of oxazole rings is 1. The Morgan fingerprint density at radius 1 is 1.17 bits per heavy atom. The van der Waals surface area contributed by atoms with Crippen molar-refractivity contribution < 1.29 is 18.7 Å². The number of ether oxygens (including phenoxy) is 2. The number of hydrogen-bond donors (Lipinski definition) is 1. The smallest absolute Gasteiger partial charge is 0.298 e. The van der Waals surface area contributed by atoms with Gasteiger partial charge in [0.25, 0.3) is 11.9 Å². The van der Waals surface area contributed by atoms with Crippen LogP contribution in [-0.2, 0) is 4.79 Å². The van der Waals surface area contributed by atoms with Crippen LogP contribution < -0.4 is 19.7 Å². The van der Waals surface area contributed by atoms with Gasteiger partial charge in [-0.3, -0.25) is 4.79 Å². The van der Waals surface area contributed by atoms with Crippen molar-refractivity contribution in [3.63, 3.8) is 0 Å². The Morgan fingerprint density at radius 3 is 2.76 bits per heavy atom. The summed E-state index contributed by atoms with van der Waals surface area (Å²) in [7, 11) is 1.60. The molecule has 1 fully saturated rings. The molecule has 0 spiro atoms. The van der Waals surface area contributed by atoms with Crippen molar-refractivity contribution in [1.29, 1.82) is 0 Å². The molecule has 0 atom stereocenters. The summed E-state index contributed by atoms with van der Waals surface area (Å²) in [6, 6.07) is 15.7. The molecule has 2 aromatic carbocycles. The molecule has 0 radical (unpaired) electrons. The van der Waals surface area contributed by atoms with E-state index in [2.05, 4.69) is 15.2 Å². The zero-order valence-corrected chi connectivity index (χ0v) is 16.5. The lowest BCUT2D eigenvalue weighted by atomic mass is 9.97. The van der Waals surface area contributed by atoms with Gasteiger partial charge < -0.3 is 24.1 Å². The normalized spacial score (nSPS) is 14.7. The largest absolute Gasteiger partial charge is 0.497 e.